The number of benzene rings is 1. The fourth-order valence-electron chi connectivity index (χ4n) is 2.27. The Kier molecular flexibility index (Phi) is 6.11. The predicted molar refractivity (Wildman–Crippen MR) is 78.2 cm³/mol. The summed E-state index contributed by atoms with van der Waals surface area (Å²) < 4.78 is 16.3. The lowest BCUT2D eigenvalue weighted by atomic mass is 10.1. The molecule has 3 N–H and O–H groups in total. The van der Waals surface area contributed by atoms with Gasteiger partial charge in [-0.05, 0) is 37.1 Å². The largest absolute Gasteiger partial charge is 0.486 e. The van der Waals surface area contributed by atoms with Crippen LogP contribution >= 0.6 is 0 Å². The minimum atomic E-state index is 0.330. The Hall–Kier alpha value is -1.30. The van der Waals surface area contributed by atoms with Gasteiger partial charge in [-0.3, -0.25) is 0 Å². The molecule has 1 atom stereocenters. The van der Waals surface area contributed by atoms with Crippen LogP contribution in [-0.4, -0.2) is 39.5 Å². The van der Waals surface area contributed by atoms with Gasteiger partial charge in [0.15, 0.2) is 11.5 Å². The Balaban J connectivity index is 1.88. The third-order valence-corrected chi connectivity index (χ3v) is 3.33. The molecule has 0 aliphatic carbocycles. The third kappa shape index (κ3) is 4.37. The van der Waals surface area contributed by atoms with E-state index in [1.54, 1.807) is 7.11 Å². The van der Waals surface area contributed by atoms with E-state index in [4.69, 9.17) is 19.9 Å². The smallest absolute Gasteiger partial charge is 0.161 e. The Morgan fingerprint density at radius 3 is 2.85 bits per heavy atom. The summed E-state index contributed by atoms with van der Waals surface area (Å²) >= 11 is 0. The molecule has 0 saturated carbocycles. The molecule has 0 fully saturated rings. The van der Waals surface area contributed by atoms with E-state index in [-0.39, 0.29) is 0 Å². The van der Waals surface area contributed by atoms with Crippen LogP contribution in [0, 0.1) is 0 Å². The van der Waals surface area contributed by atoms with Gasteiger partial charge in [-0.1, -0.05) is 6.07 Å². The summed E-state index contributed by atoms with van der Waals surface area (Å²) in [5.41, 5.74) is 6.74. The van der Waals surface area contributed by atoms with Crippen molar-refractivity contribution < 1.29 is 14.2 Å². The van der Waals surface area contributed by atoms with Crippen LogP contribution in [0.25, 0.3) is 0 Å². The number of nitrogens with two attached hydrogens (primary N) is 1. The Morgan fingerprint density at radius 2 is 2.10 bits per heavy atom. The molecule has 1 aliphatic heterocycles. The van der Waals surface area contributed by atoms with Crippen LogP contribution in [0.1, 0.15) is 18.4 Å². The van der Waals surface area contributed by atoms with E-state index in [0.29, 0.717) is 32.4 Å². The molecular formula is C15H24N2O3. The van der Waals surface area contributed by atoms with E-state index in [9.17, 15) is 0 Å². The molecular weight excluding hydrogens is 256 g/mol. The maximum absolute atomic E-state index is 5.59. The highest BCUT2D eigenvalue weighted by atomic mass is 16.6. The summed E-state index contributed by atoms with van der Waals surface area (Å²) in [7, 11) is 1.72. The number of methoxy groups -OCH3 is 1. The van der Waals surface area contributed by atoms with Gasteiger partial charge < -0.3 is 25.3 Å². The van der Waals surface area contributed by atoms with Crippen molar-refractivity contribution in [3.8, 4) is 11.5 Å². The molecule has 0 radical (unpaired) electrons. The molecule has 5 nitrogen and oxygen atoms in total. The maximum Gasteiger partial charge on any atom is 0.161 e. The first-order valence-electron chi connectivity index (χ1n) is 7.14. The molecule has 0 spiro atoms. The van der Waals surface area contributed by atoms with Crippen molar-refractivity contribution in [1.29, 1.82) is 0 Å². The van der Waals surface area contributed by atoms with Crippen molar-refractivity contribution in [2.24, 2.45) is 5.73 Å². The summed E-state index contributed by atoms with van der Waals surface area (Å²) in [5.74, 6) is 1.66. The second-order valence-electron chi connectivity index (χ2n) is 4.94. The number of ether oxygens (including phenoxy) is 3. The molecule has 2 rings (SSSR count). The number of hydrogen-bond acceptors (Lipinski definition) is 5. The molecule has 0 saturated heterocycles. The van der Waals surface area contributed by atoms with Crippen molar-refractivity contribution in [3.63, 3.8) is 0 Å². The topological polar surface area (TPSA) is 65.7 Å². The molecule has 1 aromatic rings. The van der Waals surface area contributed by atoms with Crippen molar-refractivity contribution in [1.82, 2.24) is 5.32 Å². The molecule has 1 aromatic carbocycles. The lowest BCUT2D eigenvalue weighted by Gasteiger charge is -2.20. The first kappa shape index (κ1) is 15.1. The van der Waals surface area contributed by atoms with Gasteiger partial charge >= 0.3 is 0 Å². The summed E-state index contributed by atoms with van der Waals surface area (Å²) in [6.07, 6.45) is 2.02. The van der Waals surface area contributed by atoms with Crippen LogP contribution in [0.5, 0.6) is 11.5 Å². The Morgan fingerprint density at radius 1 is 1.30 bits per heavy atom. The molecule has 0 amide bonds. The van der Waals surface area contributed by atoms with Gasteiger partial charge in [0.05, 0.1) is 6.61 Å². The fourth-order valence-corrected chi connectivity index (χ4v) is 2.27. The average Bonchev–Trinajstić information content (AvgIpc) is 2.50. The zero-order valence-electron chi connectivity index (χ0n) is 12.1. The minimum Gasteiger partial charge on any atom is -0.486 e. The van der Waals surface area contributed by atoms with Crippen molar-refractivity contribution in [2.45, 2.75) is 25.4 Å². The van der Waals surface area contributed by atoms with Gasteiger partial charge in [-0.2, -0.15) is 0 Å². The molecule has 1 heterocycles. The second-order valence-corrected chi connectivity index (χ2v) is 4.94. The summed E-state index contributed by atoms with van der Waals surface area (Å²) in [6.45, 7) is 3.44. The fraction of sp³-hybridized carbons (Fsp3) is 0.600. The van der Waals surface area contributed by atoms with Gasteiger partial charge in [0.25, 0.3) is 0 Å². The highest BCUT2D eigenvalue weighted by Gasteiger charge is 2.12. The average molecular weight is 280 g/mol. The molecule has 1 aliphatic rings. The normalized spacial score (nSPS) is 15.1. The van der Waals surface area contributed by atoms with Crippen LogP contribution in [0.4, 0.5) is 0 Å². The van der Waals surface area contributed by atoms with E-state index in [1.165, 1.54) is 5.56 Å². The van der Waals surface area contributed by atoms with Crippen LogP contribution in [-0.2, 0) is 11.3 Å². The summed E-state index contributed by atoms with van der Waals surface area (Å²) in [5, 5.41) is 3.50. The van der Waals surface area contributed by atoms with Gasteiger partial charge in [0.1, 0.15) is 13.2 Å². The van der Waals surface area contributed by atoms with E-state index in [1.807, 2.05) is 12.1 Å². The quantitative estimate of drug-likeness (QED) is 0.751. The monoisotopic (exact) mass is 280 g/mol. The molecule has 0 bridgehead atoms. The summed E-state index contributed by atoms with van der Waals surface area (Å²) in [6, 6.07) is 6.40. The first-order valence-corrected chi connectivity index (χ1v) is 7.14. The van der Waals surface area contributed by atoms with E-state index >= 15 is 0 Å². The number of rotatable bonds is 8. The van der Waals surface area contributed by atoms with Crippen LogP contribution in [0.2, 0.25) is 0 Å². The zero-order valence-corrected chi connectivity index (χ0v) is 12.1. The van der Waals surface area contributed by atoms with Gasteiger partial charge in [-0.15, -0.1) is 0 Å². The lowest BCUT2D eigenvalue weighted by Crippen LogP contribution is -2.33. The van der Waals surface area contributed by atoms with E-state index < -0.39 is 0 Å². The van der Waals surface area contributed by atoms with Gasteiger partial charge in [-0.25, -0.2) is 0 Å². The van der Waals surface area contributed by atoms with E-state index in [2.05, 4.69) is 11.4 Å². The first-order chi connectivity index (χ1) is 9.83. The van der Waals surface area contributed by atoms with E-state index in [0.717, 1.165) is 30.9 Å². The zero-order chi connectivity index (χ0) is 14.2. The Labute approximate surface area is 120 Å². The van der Waals surface area contributed by atoms with Crippen LogP contribution in [0.15, 0.2) is 18.2 Å². The number of fused-ring (bicyclic) bond motifs is 1. The molecule has 1 unspecified atom stereocenters. The minimum absolute atomic E-state index is 0.330. The Bertz CT molecular complexity index is 412. The lowest BCUT2D eigenvalue weighted by molar-refractivity contribution is 0.160. The SMILES string of the molecule is COCC(CCCN)NCc1ccc2c(c1)OCCO2. The van der Waals surface area contributed by atoms with Gasteiger partial charge in [0.2, 0.25) is 0 Å². The number of nitrogens with one attached hydrogen (secondary N) is 1. The van der Waals surface area contributed by atoms with Crippen molar-refractivity contribution in [2.75, 3.05) is 33.5 Å². The third-order valence-electron chi connectivity index (χ3n) is 3.33. The standard InChI is InChI=1S/C15H24N2O3/c1-18-11-13(3-2-6-16)17-10-12-4-5-14-15(9-12)20-8-7-19-14/h4-5,9,13,17H,2-3,6-8,10-11,16H2,1H3. The van der Waals surface area contributed by atoms with Crippen molar-refractivity contribution >= 4 is 0 Å². The van der Waals surface area contributed by atoms with Crippen LogP contribution in [0.3, 0.4) is 0 Å². The molecule has 112 valence electrons. The highest BCUT2D eigenvalue weighted by Crippen LogP contribution is 2.30. The molecule has 20 heavy (non-hydrogen) atoms. The maximum atomic E-state index is 5.59. The number of hydrogen-bond donors (Lipinski definition) is 2. The highest BCUT2D eigenvalue weighted by molar-refractivity contribution is 5.43. The van der Waals surface area contributed by atoms with Crippen LogP contribution < -0.4 is 20.5 Å². The van der Waals surface area contributed by atoms with Crippen molar-refractivity contribution in [3.05, 3.63) is 23.8 Å². The molecule has 0 aromatic heterocycles. The molecule has 5 heteroatoms. The predicted octanol–water partition coefficient (Wildman–Crippen LogP) is 1.30. The summed E-state index contributed by atoms with van der Waals surface area (Å²) in [4.78, 5) is 0. The second kappa shape index (κ2) is 8.09. The van der Waals surface area contributed by atoms with Gasteiger partial charge in [0, 0.05) is 19.7 Å².